The van der Waals surface area contributed by atoms with Gasteiger partial charge in [0.1, 0.15) is 5.69 Å². The molecule has 0 aliphatic carbocycles. The molecular formula is C14H11NO. The maximum atomic E-state index is 10.4. The zero-order chi connectivity index (χ0) is 11.4. The van der Waals surface area contributed by atoms with E-state index in [2.05, 4.69) is 11.8 Å². The van der Waals surface area contributed by atoms with E-state index in [1.54, 1.807) is 18.2 Å². The third-order valence-corrected chi connectivity index (χ3v) is 2.42. The van der Waals surface area contributed by atoms with Crippen molar-refractivity contribution in [3.8, 4) is 0 Å². The van der Waals surface area contributed by atoms with E-state index in [4.69, 9.17) is 0 Å². The summed E-state index contributed by atoms with van der Waals surface area (Å²) in [5.41, 5.74) is 3.29. The Bertz CT molecular complexity index is 517. The minimum absolute atomic E-state index is 0.426. The Kier molecular flexibility index (Phi) is 2.92. The number of hydrogen-bond donors (Lipinski definition) is 0. The van der Waals surface area contributed by atoms with Crippen LogP contribution < -0.4 is 0 Å². The molecule has 2 aromatic carbocycles. The van der Waals surface area contributed by atoms with E-state index in [1.807, 2.05) is 36.4 Å². The molecule has 78 valence electrons. The van der Waals surface area contributed by atoms with E-state index in [-0.39, 0.29) is 0 Å². The van der Waals surface area contributed by atoms with Gasteiger partial charge in [0.05, 0.1) is 0 Å². The largest absolute Gasteiger partial charge is 0.145 e. The molecule has 2 rings (SSSR count). The third-order valence-electron chi connectivity index (χ3n) is 2.42. The highest BCUT2D eigenvalue weighted by atomic mass is 16.3. The van der Waals surface area contributed by atoms with Gasteiger partial charge in [-0.2, -0.15) is 0 Å². The highest BCUT2D eigenvalue weighted by molar-refractivity contribution is 5.79. The number of nitrogens with zero attached hydrogens (tertiary/aromatic N) is 1. The lowest BCUT2D eigenvalue weighted by Crippen LogP contribution is -1.84. The van der Waals surface area contributed by atoms with Crippen LogP contribution >= 0.6 is 0 Å². The zero-order valence-corrected chi connectivity index (χ0v) is 8.76. The number of hydrogen-bond acceptors (Lipinski definition) is 2. The second kappa shape index (κ2) is 4.53. The highest BCUT2D eigenvalue weighted by Crippen LogP contribution is 2.24. The Balaban J connectivity index is 2.38. The average molecular weight is 209 g/mol. The van der Waals surface area contributed by atoms with Crippen LogP contribution in [-0.2, 0) is 0 Å². The van der Waals surface area contributed by atoms with E-state index >= 15 is 0 Å². The molecule has 0 spiro atoms. The van der Waals surface area contributed by atoms with Gasteiger partial charge in [-0.05, 0) is 34.0 Å². The van der Waals surface area contributed by atoms with Crippen LogP contribution in [0.25, 0.3) is 5.57 Å². The van der Waals surface area contributed by atoms with Crippen LogP contribution in [0.3, 0.4) is 0 Å². The third kappa shape index (κ3) is 2.06. The van der Waals surface area contributed by atoms with Crippen LogP contribution in [0.5, 0.6) is 0 Å². The molecule has 0 atom stereocenters. The SMILES string of the molecule is C=C(c1ccccc1)c1cccc(N=O)c1. The molecule has 2 aromatic rings. The van der Waals surface area contributed by atoms with Gasteiger partial charge in [-0.15, -0.1) is 4.91 Å². The molecule has 0 fully saturated rings. The van der Waals surface area contributed by atoms with Crippen molar-refractivity contribution in [2.75, 3.05) is 0 Å². The molecular weight excluding hydrogens is 198 g/mol. The van der Waals surface area contributed by atoms with E-state index in [1.165, 1.54) is 0 Å². The molecule has 0 N–H and O–H groups in total. The molecule has 0 unspecified atom stereocenters. The summed E-state index contributed by atoms with van der Waals surface area (Å²) in [6.07, 6.45) is 0. The summed E-state index contributed by atoms with van der Waals surface area (Å²) < 4.78 is 0. The van der Waals surface area contributed by atoms with Crippen molar-refractivity contribution >= 4 is 11.3 Å². The monoisotopic (exact) mass is 209 g/mol. The quantitative estimate of drug-likeness (QED) is 0.698. The van der Waals surface area contributed by atoms with E-state index in [9.17, 15) is 4.91 Å². The molecule has 0 aliphatic heterocycles. The van der Waals surface area contributed by atoms with Crippen LogP contribution in [0.4, 0.5) is 5.69 Å². The number of benzene rings is 2. The van der Waals surface area contributed by atoms with Crippen molar-refractivity contribution in [1.82, 2.24) is 0 Å². The van der Waals surface area contributed by atoms with Crippen molar-refractivity contribution in [2.24, 2.45) is 5.18 Å². The molecule has 0 aromatic heterocycles. The van der Waals surface area contributed by atoms with Crippen LogP contribution in [0.15, 0.2) is 66.4 Å². The smallest absolute Gasteiger partial charge is 0.108 e. The van der Waals surface area contributed by atoms with Gasteiger partial charge in [-0.3, -0.25) is 0 Å². The molecule has 0 saturated heterocycles. The number of nitroso groups, excluding NO2 is 1. The second-order valence-electron chi connectivity index (χ2n) is 3.49. The highest BCUT2D eigenvalue weighted by Gasteiger charge is 2.02. The first-order chi connectivity index (χ1) is 7.81. The Morgan fingerprint density at radius 2 is 1.62 bits per heavy atom. The lowest BCUT2D eigenvalue weighted by Gasteiger charge is -2.05. The lowest BCUT2D eigenvalue weighted by atomic mass is 9.99. The predicted molar refractivity (Wildman–Crippen MR) is 66.5 cm³/mol. The Hall–Kier alpha value is -2.22. The fraction of sp³-hybridized carbons (Fsp3) is 0. The van der Waals surface area contributed by atoms with Gasteiger partial charge in [0.25, 0.3) is 0 Å². The molecule has 0 radical (unpaired) electrons. The Morgan fingerprint density at radius 3 is 2.31 bits per heavy atom. The summed E-state index contributed by atoms with van der Waals surface area (Å²) in [5, 5.41) is 2.92. The molecule has 16 heavy (non-hydrogen) atoms. The minimum atomic E-state index is 0.426. The van der Waals surface area contributed by atoms with Gasteiger partial charge in [0, 0.05) is 0 Å². The second-order valence-corrected chi connectivity index (χ2v) is 3.49. The maximum absolute atomic E-state index is 10.4. The first kappa shape index (κ1) is 10.3. The zero-order valence-electron chi connectivity index (χ0n) is 8.76. The van der Waals surface area contributed by atoms with Crippen LogP contribution in [-0.4, -0.2) is 0 Å². The summed E-state index contributed by atoms with van der Waals surface area (Å²) in [6.45, 7) is 4.03. The summed E-state index contributed by atoms with van der Waals surface area (Å²) in [4.78, 5) is 10.4. The molecule has 0 bridgehead atoms. The summed E-state index contributed by atoms with van der Waals surface area (Å²) in [6, 6.07) is 17.0. The summed E-state index contributed by atoms with van der Waals surface area (Å²) in [7, 11) is 0. The minimum Gasteiger partial charge on any atom is -0.145 e. The molecule has 0 aliphatic rings. The van der Waals surface area contributed by atoms with Crippen molar-refractivity contribution < 1.29 is 0 Å². The van der Waals surface area contributed by atoms with Gasteiger partial charge in [-0.1, -0.05) is 49.0 Å². The molecule has 2 heteroatoms. The van der Waals surface area contributed by atoms with Gasteiger partial charge < -0.3 is 0 Å². The molecule has 0 amide bonds. The fourth-order valence-corrected chi connectivity index (χ4v) is 1.56. The topological polar surface area (TPSA) is 29.4 Å². The lowest BCUT2D eigenvalue weighted by molar-refractivity contribution is 1.47. The molecule has 2 nitrogen and oxygen atoms in total. The van der Waals surface area contributed by atoms with Crippen LogP contribution in [0, 0.1) is 4.91 Å². The standard InChI is InChI=1S/C14H11NO/c1-11(12-6-3-2-4-7-12)13-8-5-9-14(10-13)15-16/h2-10H,1H2. The average Bonchev–Trinajstić information content (AvgIpc) is 2.39. The van der Waals surface area contributed by atoms with Crippen molar-refractivity contribution in [3.63, 3.8) is 0 Å². The Labute approximate surface area is 94.2 Å². The van der Waals surface area contributed by atoms with E-state index < -0.39 is 0 Å². The first-order valence-corrected chi connectivity index (χ1v) is 4.99. The van der Waals surface area contributed by atoms with Crippen molar-refractivity contribution in [3.05, 3.63) is 77.2 Å². The maximum Gasteiger partial charge on any atom is 0.108 e. The van der Waals surface area contributed by atoms with Gasteiger partial charge >= 0.3 is 0 Å². The van der Waals surface area contributed by atoms with Crippen molar-refractivity contribution in [1.29, 1.82) is 0 Å². The summed E-state index contributed by atoms with van der Waals surface area (Å²) in [5.74, 6) is 0. The van der Waals surface area contributed by atoms with Gasteiger partial charge in [0.2, 0.25) is 0 Å². The van der Waals surface area contributed by atoms with Crippen molar-refractivity contribution in [2.45, 2.75) is 0 Å². The summed E-state index contributed by atoms with van der Waals surface area (Å²) >= 11 is 0. The predicted octanol–water partition coefficient (Wildman–Crippen LogP) is 4.15. The van der Waals surface area contributed by atoms with Crippen LogP contribution in [0.2, 0.25) is 0 Å². The first-order valence-electron chi connectivity index (χ1n) is 4.99. The normalized spacial score (nSPS) is 9.75. The van der Waals surface area contributed by atoms with Gasteiger partial charge in [0.15, 0.2) is 0 Å². The van der Waals surface area contributed by atoms with E-state index in [0.717, 1.165) is 16.7 Å². The molecule has 0 saturated carbocycles. The van der Waals surface area contributed by atoms with Crippen LogP contribution in [0.1, 0.15) is 11.1 Å². The fourth-order valence-electron chi connectivity index (χ4n) is 1.56. The van der Waals surface area contributed by atoms with E-state index in [0.29, 0.717) is 5.69 Å². The Morgan fingerprint density at radius 1 is 0.938 bits per heavy atom. The molecule has 0 heterocycles. The number of rotatable bonds is 3. The van der Waals surface area contributed by atoms with Gasteiger partial charge in [-0.25, -0.2) is 0 Å².